The summed E-state index contributed by atoms with van der Waals surface area (Å²) in [6.07, 6.45) is 0.133. The van der Waals surface area contributed by atoms with Crippen LogP contribution in [0.25, 0.3) is 0 Å². The van der Waals surface area contributed by atoms with Gasteiger partial charge in [-0.3, -0.25) is 9.59 Å². The second-order valence-corrected chi connectivity index (χ2v) is 5.83. The van der Waals surface area contributed by atoms with Crippen molar-refractivity contribution in [2.45, 2.75) is 13.3 Å². The molecule has 1 aliphatic heterocycles. The van der Waals surface area contributed by atoms with E-state index in [0.29, 0.717) is 18.8 Å². The summed E-state index contributed by atoms with van der Waals surface area (Å²) >= 11 is 0. The predicted molar refractivity (Wildman–Crippen MR) is 93.1 cm³/mol. The molecular formula is C19H19FN2O3. The zero-order valence-electron chi connectivity index (χ0n) is 13.9. The lowest BCUT2D eigenvalue weighted by Gasteiger charge is -2.17. The van der Waals surface area contributed by atoms with Gasteiger partial charge in [-0.05, 0) is 49.4 Å². The van der Waals surface area contributed by atoms with Crippen LogP contribution in [-0.4, -0.2) is 25.0 Å². The van der Waals surface area contributed by atoms with E-state index < -0.39 is 11.7 Å². The third kappa shape index (κ3) is 3.96. The van der Waals surface area contributed by atoms with Crippen molar-refractivity contribution in [2.24, 2.45) is 5.92 Å². The predicted octanol–water partition coefficient (Wildman–Crippen LogP) is 3.22. The molecule has 3 rings (SSSR count). The molecule has 0 radical (unpaired) electrons. The van der Waals surface area contributed by atoms with Gasteiger partial charge in [0.15, 0.2) is 0 Å². The van der Waals surface area contributed by atoms with Gasteiger partial charge in [0.25, 0.3) is 0 Å². The first-order chi connectivity index (χ1) is 12.1. The van der Waals surface area contributed by atoms with E-state index in [1.807, 2.05) is 6.92 Å². The Kier molecular flexibility index (Phi) is 4.97. The molecule has 0 aliphatic carbocycles. The largest absolute Gasteiger partial charge is 0.494 e. The Bertz CT molecular complexity index is 776. The van der Waals surface area contributed by atoms with Crippen molar-refractivity contribution in [3.63, 3.8) is 0 Å². The maximum atomic E-state index is 13.2. The molecule has 25 heavy (non-hydrogen) atoms. The highest BCUT2D eigenvalue weighted by Gasteiger charge is 2.35. The minimum Gasteiger partial charge on any atom is -0.494 e. The maximum Gasteiger partial charge on any atom is 0.229 e. The average Bonchev–Trinajstić information content (AvgIpc) is 2.98. The lowest BCUT2D eigenvalue weighted by molar-refractivity contribution is -0.122. The molecule has 0 saturated carbocycles. The van der Waals surface area contributed by atoms with Gasteiger partial charge >= 0.3 is 0 Å². The number of ether oxygens (including phenoxy) is 1. The quantitative estimate of drug-likeness (QED) is 0.908. The standard InChI is InChI=1S/C19H19FN2O3/c1-2-25-17-8-6-16(7-9-17)22-12-13(10-18(22)23)19(24)21-15-5-3-4-14(20)11-15/h3-9,11,13H,2,10,12H2,1H3,(H,21,24)/t13-/m0/s1. The molecule has 1 saturated heterocycles. The molecule has 0 aromatic heterocycles. The molecule has 0 bridgehead atoms. The number of hydrogen-bond donors (Lipinski definition) is 1. The number of halogens is 1. The summed E-state index contributed by atoms with van der Waals surface area (Å²) in [5.41, 5.74) is 1.12. The normalized spacial score (nSPS) is 16.8. The summed E-state index contributed by atoms with van der Waals surface area (Å²) in [6.45, 7) is 2.78. The van der Waals surface area contributed by atoms with Gasteiger partial charge in [0.2, 0.25) is 11.8 Å². The van der Waals surface area contributed by atoms with E-state index in [-0.39, 0.29) is 18.2 Å². The summed E-state index contributed by atoms with van der Waals surface area (Å²) < 4.78 is 18.6. The van der Waals surface area contributed by atoms with Crippen molar-refractivity contribution >= 4 is 23.2 Å². The molecule has 1 fully saturated rings. The number of rotatable bonds is 5. The second-order valence-electron chi connectivity index (χ2n) is 5.83. The smallest absolute Gasteiger partial charge is 0.229 e. The van der Waals surface area contributed by atoms with Crippen LogP contribution in [0.1, 0.15) is 13.3 Å². The zero-order valence-corrected chi connectivity index (χ0v) is 13.9. The van der Waals surface area contributed by atoms with Crippen LogP contribution in [0.2, 0.25) is 0 Å². The molecule has 2 aromatic carbocycles. The number of anilines is 2. The van der Waals surface area contributed by atoms with Crippen molar-refractivity contribution in [1.82, 2.24) is 0 Å². The third-order valence-electron chi connectivity index (χ3n) is 4.05. The Morgan fingerprint density at radius 1 is 1.28 bits per heavy atom. The second kappa shape index (κ2) is 7.34. The average molecular weight is 342 g/mol. The first-order valence-electron chi connectivity index (χ1n) is 8.16. The fraction of sp³-hybridized carbons (Fsp3) is 0.263. The molecule has 2 amide bonds. The molecular weight excluding hydrogens is 323 g/mol. The summed E-state index contributed by atoms with van der Waals surface area (Å²) in [4.78, 5) is 26.2. The molecule has 0 unspecified atom stereocenters. The minimum absolute atomic E-state index is 0.108. The van der Waals surface area contributed by atoms with E-state index in [9.17, 15) is 14.0 Å². The number of carbonyl (C=O) groups excluding carboxylic acids is 2. The van der Waals surface area contributed by atoms with Gasteiger partial charge in [0.05, 0.1) is 12.5 Å². The Balaban J connectivity index is 1.66. The van der Waals surface area contributed by atoms with Crippen LogP contribution in [0.5, 0.6) is 5.75 Å². The van der Waals surface area contributed by atoms with Crippen molar-refractivity contribution in [1.29, 1.82) is 0 Å². The number of nitrogens with zero attached hydrogens (tertiary/aromatic N) is 1. The molecule has 0 spiro atoms. The van der Waals surface area contributed by atoms with E-state index in [4.69, 9.17) is 4.74 Å². The fourth-order valence-electron chi connectivity index (χ4n) is 2.83. The van der Waals surface area contributed by atoms with E-state index in [1.165, 1.54) is 18.2 Å². The topological polar surface area (TPSA) is 58.6 Å². The van der Waals surface area contributed by atoms with Crippen molar-refractivity contribution in [3.05, 3.63) is 54.3 Å². The lowest BCUT2D eigenvalue weighted by atomic mass is 10.1. The summed E-state index contributed by atoms with van der Waals surface area (Å²) in [5.74, 6) is -0.548. The number of carbonyl (C=O) groups is 2. The monoisotopic (exact) mass is 342 g/mol. The van der Waals surface area contributed by atoms with E-state index in [2.05, 4.69) is 5.32 Å². The van der Waals surface area contributed by atoms with E-state index in [0.717, 1.165) is 11.4 Å². The van der Waals surface area contributed by atoms with Crippen LogP contribution >= 0.6 is 0 Å². The van der Waals surface area contributed by atoms with Crippen LogP contribution in [0.15, 0.2) is 48.5 Å². The van der Waals surface area contributed by atoms with Crippen LogP contribution in [0.3, 0.4) is 0 Å². The van der Waals surface area contributed by atoms with Gasteiger partial charge in [-0.1, -0.05) is 6.07 Å². The number of benzene rings is 2. The van der Waals surface area contributed by atoms with Gasteiger partial charge in [0, 0.05) is 24.3 Å². The summed E-state index contributed by atoms with van der Waals surface area (Å²) in [6, 6.07) is 12.9. The van der Waals surface area contributed by atoms with Crippen LogP contribution < -0.4 is 15.0 Å². The van der Waals surface area contributed by atoms with Gasteiger partial charge < -0.3 is 15.0 Å². The van der Waals surface area contributed by atoms with Gasteiger partial charge in [-0.15, -0.1) is 0 Å². The third-order valence-corrected chi connectivity index (χ3v) is 4.05. The summed E-state index contributed by atoms with van der Waals surface area (Å²) in [5, 5.41) is 2.67. The van der Waals surface area contributed by atoms with Crippen LogP contribution in [-0.2, 0) is 9.59 Å². The van der Waals surface area contributed by atoms with Crippen molar-refractivity contribution in [2.75, 3.05) is 23.4 Å². The first-order valence-corrected chi connectivity index (χ1v) is 8.16. The van der Waals surface area contributed by atoms with Gasteiger partial charge in [-0.25, -0.2) is 4.39 Å². The molecule has 1 atom stereocenters. The van der Waals surface area contributed by atoms with Gasteiger partial charge in [-0.2, -0.15) is 0 Å². The molecule has 1 N–H and O–H groups in total. The number of amides is 2. The SMILES string of the molecule is CCOc1ccc(N2C[C@@H](C(=O)Nc3cccc(F)c3)CC2=O)cc1. The summed E-state index contributed by atoms with van der Waals surface area (Å²) in [7, 11) is 0. The van der Waals surface area contributed by atoms with E-state index >= 15 is 0 Å². The zero-order chi connectivity index (χ0) is 17.8. The molecule has 2 aromatic rings. The highest BCUT2D eigenvalue weighted by Crippen LogP contribution is 2.27. The van der Waals surface area contributed by atoms with Gasteiger partial charge in [0.1, 0.15) is 11.6 Å². The number of nitrogens with one attached hydrogen (secondary N) is 1. The molecule has 130 valence electrons. The lowest BCUT2D eigenvalue weighted by Crippen LogP contribution is -2.28. The minimum atomic E-state index is -0.470. The molecule has 1 aliphatic rings. The van der Waals surface area contributed by atoms with Crippen molar-refractivity contribution in [3.8, 4) is 5.75 Å². The highest BCUT2D eigenvalue weighted by atomic mass is 19.1. The van der Waals surface area contributed by atoms with Crippen molar-refractivity contribution < 1.29 is 18.7 Å². The number of hydrogen-bond acceptors (Lipinski definition) is 3. The van der Waals surface area contributed by atoms with Crippen LogP contribution in [0.4, 0.5) is 15.8 Å². The molecule has 6 heteroatoms. The Hall–Kier alpha value is -2.89. The van der Waals surface area contributed by atoms with E-state index in [1.54, 1.807) is 35.2 Å². The first kappa shape index (κ1) is 17.0. The van der Waals surface area contributed by atoms with Crippen LogP contribution in [0, 0.1) is 11.7 Å². The Morgan fingerprint density at radius 3 is 2.72 bits per heavy atom. The maximum absolute atomic E-state index is 13.2. The molecule has 5 nitrogen and oxygen atoms in total. The molecule has 1 heterocycles. The Labute approximate surface area is 145 Å². The Morgan fingerprint density at radius 2 is 2.04 bits per heavy atom. The highest BCUT2D eigenvalue weighted by molar-refractivity contribution is 6.03. The fourth-order valence-corrected chi connectivity index (χ4v) is 2.83.